The Morgan fingerprint density at radius 2 is 1.48 bits per heavy atom. The Balaban J connectivity index is 2.07. The normalized spacial score (nSPS) is 29.6. The average Bonchev–Trinajstić information content (AvgIpc) is 3.17. The molecule has 0 bridgehead atoms. The molecule has 1 saturated heterocycles. The molecule has 6 heteroatoms. The zero-order valence-corrected chi connectivity index (χ0v) is 13.4. The van der Waals surface area contributed by atoms with Crippen molar-refractivity contribution < 1.29 is 4.79 Å². The summed E-state index contributed by atoms with van der Waals surface area (Å²) in [6.45, 7) is 3.79. The molecule has 0 aromatic carbocycles. The van der Waals surface area contributed by atoms with E-state index < -0.39 is 0 Å². The Bertz CT molecular complexity index is 574. The van der Waals surface area contributed by atoms with Crippen LogP contribution < -0.4 is 0 Å². The zero-order valence-electron chi connectivity index (χ0n) is 11.8. The van der Waals surface area contributed by atoms with E-state index in [4.69, 9.17) is 0 Å². The van der Waals surface area contributed by atoms with E-state index in [2.05, 4.69) is 5.29 Å². The molecule has 0 aliphatic carbocycles. The van der Waals surface area contributed by atoms with Crippen LogP contribution in [0.5, 0.6) is 0 Å². The molecule has 2 aromatic rings. The number of rotatable bonds is 3. The molecule has 21 heavy (non-hydrogen) atoms. The molecule has 3 heterocycles. The highest BCUT2D eigenvalue weighted by molar-refractivity contribution is 7.10. The highest BCUT2D eigenvalue weighted by Crippen LogP contribution is 2.47. The quantitative estimate of drug-likeness (QED) is 0.786. The van der Waals surface area contributed by atoms with Crippen molar-refractivity contribution in [3.8, 4) is 0 Å². The van der Waals surface area contributed by atoms with Gasteiger partial charge in [0.25, 0.3) is 0 Å². The summed E-state index contributed by atoms with van der Waals surface area (Å²) in [6, 6.07) is 7.30. The highest BCUT2D eigenvalue weighted by atomic mass is 32.1. The SMILES string of the molecule is CC1C(=O)C(C)C(c2cccs2)N(N=O)C1c1cccs1. The van der Waals surface area contributed by atoms with Gasteiger partial charge in [0.2, 0.25) is 0 Å². The molecular weight excluding hydrogens is 304 g/mol. The van der Waals surface area contributed by atoms with Crippen molar-refractivity contribution in [3.05, 3.63) is 49.7 Å². The number of carbonyl (C=O) groups is 1. The van der Waals surface area contributed by atoms with Gasteiger partial charge in [0.15, 0.2) is 0 Å². The number of hydrogen-bond acceptors (Lipinski definition) is 5. The fraction of sp³-hybridized carbons (Fsp3) is 0.400. The largest absolute Gasteiger partial charge is 0.299 e. The van der Waals surface area contributed by atoms with Crippen LogP contribution in [0.15, 0.2) is 40.3 Å². The Morgan fingerprint density at radius 1 is 1.00 bits per heavy atom. The summed E-state index contributed by atoms with van der Waals surface area (Å²) in [4.78, 5) is 26.2. The van der Waals surface area contributed by atoms with Gasteiger partial charge in [-0.25, -0.2) is 5.01 Å². The summed E-state index contributed by atoms with van der Waals surface area (Å²) in [5, 5.41) is 8.83. The van der Waals surface area contributed by atoms with Gasteiger partial charge in [-0.05, 0) is 22.9 Å². The minimum absolute atomic E-state index is 0.201. The molecule has 0 radical (unpaired) electrons. The molecule has 4 atom stereocenters. The molecule has 1 fully saturated rings. The third-order valence-electron chi connectivity index (χ3n) is 4.18. The number of thiophene rings is 2. The smallest absolute Gasteiger partial charge is 0.143 e. The van der Waals surface area contributed by atoms with Crippen LogP contribution in [0.4, 0.5) is 0 Å². The Morgan fingerprint density at radius 3 is 1.81 bits per heavy atom. The van der Waals surface area contributed by atoms with Gasteiger partial charge in [-0.2, -0.15) is 0 Å². The first kappa shape index (κ1) is 14.4. The van der Waals surface area contributed by atoms with Gasteiger partial charge in [0.05, 0.1) is 17.4 Å². The molecule has 4 nitrogen and oxygen atoms in total. The maximum atomic E-state index is 12.6. The van der Waals surface area contributed by atoms with E-state index in [1.807, 2.05) is 48.9 Å². The first-order valence-corrected chi connectivity index (χ1v) is 8.63. The van der Waals surface area contributed by atoms with Crippen LogP contribution in [0, 0.1) is 16.7 Å². The number of Topliss-reactive ketones (excluding diaryl/α,β-unsaturated/α-hetero) is 1. The van der Waals surface area contributed by atoms with Crippen molar-refractivity contribution in [2.45, 2.75) is 25.9 Å². The number of hydrogen-bond donors (Lipinski definition) is 0. The standard InChI is InChI=1S/C15H16N2O2S2/c1-9-13(11-5-3-7-20-11)17(16-19)14(10(2)15(9)18)12-6-4-8-21-12/h3-10,13-14H,1-2H3. The van der Waals surface area contributed by atoms with E-state index in [0.717, 1.165) is 9.75 Å². The first-order chi connectivity index (χ1) is 10.1. The summed E-state index contributed by atoms with van der Waals surface area (Å²) in [5.74, 6) is -0.258. The molecule has 0 saturated carbocycles. The van der Waals surface area contributed by atoms with Crippen LogP contribution in [0.3, 0.4) is 0 Å². The van der Waals surface area contributed by atoms with Gasteiger partial charge in [0.1, 0.15) is 5.78 Å². The lowest BCUT2D eigenvalue weighted by molar-refractivity contribution is -0.138. The molecule has 0 N–H and O–H groups in total. The van der Waals surface area contributed by atoms with Crippen molar-refractivity contribution in [2.75, 3.05) is 0 Å². The fourth-order valence-electron chi connectivity index (χ4n) is 3.13. The van der Waals surface area contributed by atoms with Gasteiger partial charge in [0, 0.05) is 21.6 Å². The second-order valence-electron chi connectivity index (χ2n) is 5.36. The number of ketones is 1. The monoisotopic (exact) mass is 320 g/mol. The summed E-state index contributed by atoms with van der Waals surface area (Å²) in [5.41, 5.74) is 0. The molecular formula is C15H16N2O2S2. The number of piperidine rings is 1. The Labute approximate surface area is 131 Å². The van der Waals surface area contributed by atoms with Gasteiger partial charge >= 0.3 is 0 Å². The van der Waals surface area contributed by atoms with E-state index in [-0.39, 0.29) is 29.7 Å². The van der Waals surface area contributed by atoms with Crippen molar-refractivity contribution in [3.63, 3.8) is 0 Å². The maximum Gasteiger partial charge on any atom is 0.143 e. The second-order valence-corrected chi connectivity index (χ2v) is 7.32. The molecule has 2 aromatic heterocycles. The lowest BCUT2D eigenvalue weighted by atomic mass is 9.79. The highest BCUT2D eigenvalue weighted by Gasteiger charge is 2.47. The predicted molar refractivity (Wildman–Crippen MR) is 85.1 cm³/mol. The van der Waals surface area contributed by atoms with Crippen LogP contribution in [-0.2, 0) is 4.79 Å². The summed E-state index contributed by atoms with van der Waals surface area (Å²) >= 11 is 3.13. The van der Waals surface area contributed by atoms with E-state index >= 15 is 0 Å². The van der Waals surface area contributed by atoms with E-state index in [0.29, 0.717) is 0 Å². The van der Waals surface area contributed by atoms with Crippen molar-refractivity contribution in [1.82, 2.24) is 5.01 Å². The number of nitrogens with zero attached hydrogens (tertiary/aromatic N) is 2. The predicted octanol–water partition coefficient (Wildman–Crippen LogP) is 4.43. The molecule has 110 valence electrons. The molecule has 3 rings (SSSR count). The van der Waals surface area contributed by atoms with E-state index in [1.165, 1.54) is 0 Å². The molecule has 1 aliphatic heterocycles. The minimum atomic E-state index is -0.265. The first-order valence-electron chi connectivity index (χ1n) is 6.87. The molecule has 1 aliphatic rings. The number of nitroso groups, excluding NO2 is 1. The van der Waals surface area contributed by atoms with Gasteiger partial charge in [-0.3, -0.25) is 4.79 Å². The summed E-state index contributed by atoms with van der Waals surface area (Å²) in [6.07, 6.45) is 0. The molecule has 4 unspecified atom stereocenters. The third-order valence-corrected chi connectivity index (χ3v) is 6.06. The molecule has 0 amide bonds. The van der Waals surface area contributed by atoms with Gasteiger partial charge < -0.3 is 0 Å². The van der Waals surface area contributed by atoms with E-state index in [9.17, 15) is 9.70 Å². The maximum absolute atomic E-state index is 12.6. The zero-order chi connectivity index (χ0) is 15.0. The summed E-state index contributed by atoms with van der Waals surface area (Å²) in [7, 11) is 0. The van der Waals surface area contributed by atoms with E-state index in [1.54, 1.807) is 27.7 Å². The van der Waals surface area contributed by atoms with Crippen molar-refractivity contribution in [1.29, 1.82) is 0 Å². The lowest BCUT2D eigenvalue weighted by Gasteiger charge is -2.43. The third kappa shape index (κ3) is 2.32. The minimum Gasteiger partial charge on any atom is -0.299 e. The van der Waals surface area contributed by atoms with Crippen molar-refractivity contribution in [2.24, 2.45) is 17.1 Å². The molecule has 0 spiro atoms. The van der Waals surface area contributed by atoms with Crippen LogP contribution in [0.25, 0.3) is 0 Å². The van der Waals surface area contributed by atoms with Crippen LogP contribution in [-0.4, -0.2) is 10.8 Å². The number of carbonyl (C=O) groups excluding carboxylic acids is 1. The van der Waals surface area contributed by atoms with Crippen molar-refractivity contribution >= 4 is 28.5 Å². The van der Waals surface area contributed by atoms with Crippen LogP contribution in [0.1, 0.15) is 35.7 Å². The van der Waals surface area contributed by atoms with Gasteiger partial charge in [-0.1, -0.05) is 26.0 Å². The Kier molecular flexibility index (Phi) is 3.91. The van der Waals surface area contributed by atoms with Crippen LogP contribution >= 0.6 is 22.7 Å². The topological polar surface area (TPSA) is 49.7 Å². The van der Waals surface area contributed by atoms with Gasteiger partial charge in [-0.15, -0.1) is 27.6 Å². The second kappa shape index (κ2) is 5.69. The average molecular weight is 320 g/mol. The van der Waals surface area contributed by atoms with Crippen LogP contribution in [0.2, 0.25) is 0 Å². The summed E-state index contributed by atoms with van der Waals surface area (Å²) < 4.78 is 0. The lowest BCUT2D eigenvalue weighted by Crippen LogP contribution is -2.46. The fourth-order valence-corrected chi connectivity index (χ4v) is 4.98. The Hall–Kier alpha value is -1.53.